The summed E-state index contributed by atoms with van der Waals surface area (Å²) >= 11 is 0. The summed E-state index contributed by atoms with van der Waals surface area (Å²) in [4.78, 5) is 34.2. The van der Waals surface area contributed by atoms with Gasteiger partial charge in [-0.15, -0.1) is 0 Å². The maximum atomic E-state index is 12.2. The molecule has 0 aromatic heterocycles. The van der Waals surface area contributed by atoms with E-state index in [1.807, 2.05) is 0 Å². The maximum absolute atomic E-state index is 12.2. The van der Waals surface area contributed by atoms with Crippen molar-refractivity contribution in [2.24, 2.45) is 0 Å². The molecule has 0 heterocycles. The van der Waals surface area contributed by atoms with Crippen molar-refractivity contribution in [3.63, 3.8) is 0 Å². The molecular formula is C22H18N2O8S. The van der Waals surface area contributed by atoms with Crippen molar-refractivity contribution in [1.29, 1.82) is 0 Å². The molecule has 33 heavy (non-hydrogen) atoms. The van der Waals surface area contributed by atoms with Gasteiger partial charge in [-0.05, 0) is 48.5 Å². The molecule has 0 bridgehead atoms. The van der Waals surface area contributed by atoms with E-state index in [2.05, 4.69) is 4.72 Å². The van der Waals surface area contributed by atoms with Crippen LogP contribution in [0.15, 0.2) is 83.8 Å². The average molecular weight is 470 g/mol. The zero-order valence-electron chi connectivity index (χ0n) is 17.0. The standard InChI is InChI=1S/C22H18N2O8S/c25-21(15-31-22(26)14-23-33(29,30)20-4-2-1-3-5-20)16-6-10-18(11-7-16)32-19-12-8-17(9-13-19)24(27)28/h1-13,23H,14-15H2. The Balaban J connectivity index is 1.48. The van der Waals surface area contributed by atoms with Gasteiger partial charge in [0.25, 0.3) is 5.69 Å². The van der Waals surface area contributed by atoms with Crippen LogP contribution in [-0.4, -0.2) is 38.2 Å². The lowest BCUT2D eigenvalue weighted by Crippen LogP contribution is -2.31. The Morgan fingerprint density at radius 3 is 2.03 bits per heavy atom. The van der Waals surface area contributed by atoms with Crippen molar-refractivity contribution in [2.45, 2.75) is 4.90 Å². The molecule has 3 aromatic carbocycles. The summed E-state index contributed by atoms with van der Waals surface area (Å²) < 4.78 is 36.7. The zero-order chi connectivity index (χ0) is 23.8. The van der Waals surface area contributed by atoms with Crippen LogP contribution >= 0.6 is 0 Å². The van der Waals surface area contributed by atoms with E-state index in [4.69, 9.17) is 9.47 Å². The first-order valence-corrected chi connectivity index (χ1v) is 11.0. The highest BCUT2D eigenvalue weighted by molar-refractivity contribution is 7.89. The molecular weight excluding hydrogens is 452 g/mol. The number of nitro benzene ring substituents is 1. The molecule has 0 unspecified atom stereocenters. The Kier molecular flexibility index (Phi) is 7.49. The molecule has 0 saturated heterocycles. The van der Waals surface area contributed by atoms with Gasteiger partial charge in [-0.1, -0.05) is 18.2 Å². The summed E-state index contributed by atoms with van der Waals surface area (Å²) in [6.45, 7) is -1.18. The van der Waals surface area contributed by atoms with Gasteiger partial charge < -0.3 is 9.47 Å². The molecule has 0 atom stereocenters. The van der Waals surface area contributed by atoms with Gasteiger partial charge in [0.1, 0.15) is 18.0 Å². The third-order valence-electron chi connectivity index (χ3n) is 4.28. The average Bonchev–Trinajstić information content (AvgIpc) is 2.82. The fourth-order valence-corrected chi connectivity index (χ4v) is 3.59. The summed E-state index contributed by atoms with van der Waals surface area (Å²) in [7, 11) is -3.87. The molecule has 3 rings (SSSR count). The monoisotopic (exact) mass is 470 g/mol. The summed E-state index contributed by atoms with van der Waals surface area (Å²) in [6, 6.07) is 19.0. The highest BCUT2D eigenvalue weighted by atomic mass is 32.2. The summed E-state index contributed by atoms with van der Waals surface area (Å²) in [5, 5.41) is 10.7. The van der Waals surface area contributed by atoms with Crippen LogP contribution in [0.2, 0.25) is 0 Å². The minimum Gasteiger partial charge on any atom is -0.457 e. The SMILES string of the molecule is O=C(CNS(=O)(=O)c1ccccc1)OCC(=O)c1ccc(Oc2ccc([N+](=O)[O-])cc2)cc1. The van der Waals surface area contributed by atoms with Gasteiger partial charge in [-0.2, -0.15) is 4.72 Å². The number of ketones is 1. The minimum absolute atomic E-state index is 0.00455. The number of non-ortho nitro benzene ring substituents is 1. The summed E-state index contributed by atoms with van der Waals surface area (Å²) in [5.41, 5.74) is 0.189. The second kappa shape index (κ2) is 10.5. The second-order valence-electron chi connectivity index (χ2n) is 6.60. The molecule has 0 amide bonds. The van der Waals surface area contributed by atoms with E-state index in [-0.39, 0.29) is 16.1 Å². The number of hydrogen-bond donors (Lipinski definition) is 1. The molecule has 0 spiro atoms. The van der Waals surface area contributed by atoms with E-state index in [0.717, 1.165) is 0 Å². The Labute approximate surface area is 189 Å². The van der Waals surface area contributed by atoms with E-state index in [1.54, 1.807) is 18.2 Å². The first kappa shape index (κ1) is 23.6. The van der Waals surface area contributed by atoms with E-state index in [9.17, 15) is 28.1 Å². The Morgan fingerprint density at radius 2 is 1.45 bits per heavy atom. The third kappa shape index (κ3) is 6.69. The fourth-order valence-electron chi connectivity index (χ4n) is 2.60. The number of carbonyl (C=O) groups is 2. The summed E-state index contributed by atoms with van der Waals surface area (Å²) in [6.07, 6.45) is 0. The quantitative estimate of drug-likeness (QED) is 0.206. The number of nitro groups is 1. The van der Waals surface area contributed by atoms with Crippen LogP contribution < -0.4 is 9.46 Å². The lowest BCUT2D eigenvalue weighted by atomic mass is 10.1. The smallest absolute Gasteiger partial charge is 0.321 e. The molecule has 170 valence electrons. The molecule has 0 saturated carbocycles. The van der Waals surface area contributed by atoms with Crippen molar-refractivity contribution in [1.82, 2.24) is 4.72 Å². The first-order chi connectivity index (χ1) is 15.7. The van der Waals surface area contributed by atoms with Crippen molar-refractivity contribution in [2.75, 3.05) is 13.2 Å². The Morgan fingerprint density at radius 1 is 0.879 bits per heavy atom. The van der Waals surface area contributed by atoms with Gasteiger partial charge in [0.05, 0.1) is 9.82 Å². The number of sulfonamides is 1. The zero-order valence-corrected chi connectivity index (χ0v) is 17.9. The normalized spacial score (nSPS) is 10.9. The van der Waals surface area contributed by atoms with Crippen LogP contribution in [-0.2, 0) is 19.6 Å². The highest BCUT2D eigenvalue weighted by Gasteiger charge is 2.16. The predicted octanol–water partition coefficient (Wildman–Crippen LogP) is 3.09. The van der Waals surface area contributed by atoms with E-state index in [1.165, 1.54) is 60.7 Å². The molecule has 0 fully saturated rings. The number of esters is 1. The molecule has 10 nitrogen and oxygen atoms in total. The number of rotatable bonds is 10. The summed E-state index contributed by atoms with van der Waals surface area (Å²) in [5.74, 6) is -0.614. The molecule has 0 radical (unpaired) electrons. The molecule has 3 aromatic rings. The molecule has 0 aliphatic heterocycles. The van der Waals surface area contributed by atoms with Gasteiger partial charge in [0, 0.05) is 17.7 Å². The largest absolute Gasteiger partial charge is 0.457 e. The number of nitrogens with one attached hydrogen (secondary N) is 1. The number of carbonyl (C=O) groups excluding carboxylic acids is 2. The second-order valence-corrected chi connectivity index (χ2v) is 8.37. The Hall–Kier alpha value is -4.09. The van der Waals surface area contributed by atoms with E-state index in [0.29, 0.717) is 11.5 Å². The first-order valence-electron chi connectivity index (χ1n) is 9.50. The minimum atomic E-state index is -3.87. The van der Waals surface area contributed by atoms with Crippen molar-refractivity contribution < 1.29 is 32.4 Å². The van der Waals surface area contributed by atoms with Gasteiger partial charge in [-0.3, -0.25) is 19.7 Å². The van der Waals surface area contributed by atoms with Gasteiger partial charge in [-0.25, -0.2) is 8.42 Å². The van der Waals surface area contributed by atoms with Crippen molar-refractivity contribution in [3.05, 3.63) is 94.5 Å². The van der Waals surface area contributed by atoms with E-state index >= 15 is 0 Å². The van der Waals surface area contributed by atoms with Crippen molar-refractivity contribution >= 4 is 27.5 Å². The topological polar surface area (TPSA) is 142 Å². The highest BCUT2D eigenvalue weighted by Crippen LogP contribution is 2.24. The Bertz CT molecular complexity index is 1240. The van der Waals surface area contributed by atoms with Gasteiger partial charge in [0.2, 0.25) is 10.0 Å². The number of ether oxygens (including phenoxy) is 2. The van der Waals surface area contributed by atoms with Crippen LogP contribution in [0.1, 0.15) is 10.4 Å². The third-order valence-corrected chi connectivity index (χ3v) is 5.70. The van der Waals surface area contributed by atoms with Crippen LogP contribution in [0.5, 0.6) is 11.5 Å². The molecule has 1 N–H and O–H groups in total. The lowest BCUT2D eigenvalue weighted by Gasteiger charge is -2.08. The number of hydrogen-bond acceptors (Lipinski definition) is 8. The fraction of sp³-hybridized carbons (Fsp3) is 0.0909. The van der Waals surface area contributed by atoms with Crippen LogP contribution in [0.25, 0.3) is 0 Å². The number of nitrogens with zero attached hydrogens (tertiary/aromatic N) is 1. The van der Waals surface area contributed by atoms with Crippen LogP contribution in [0.3, 0.4) is 0 Å². The number of benzene rings is 3. The predicted molar refractivity (Wildman–Crippen MR) is 117 cm³/mol. The van der Waals surface area contributed by atoms with Crippen LogP contribution in [0, 0.1) is 10.1 Å². The van der Waals surface area contributed by atoms with Gasteiger partial charge >= 0.3 is 5.97 Å². The lowest BCUT2D eigenvalue weighted by molar-refractivity contribution is -0.384. The number of Topliss-reactive ketones (excluding diaryl/α,β-unsaturated/α-hetero) is 1. The van der Waals surface area contributed by atoms with Crippen LogP contribution in [0.4, 0.5) is 5.69 Å². The van der Waals surface area contributed by atoms with Gasteiger partial charge in [0.15, 0.2) is 12.4 Å². The van der Waals surface area contributed by atoms with Crippen molar-refractivity contribution in [3.8, 4) is 11.5 Å². The maximum Gasteiger partial charge on any atom is 0.321 e. The molecule has 0 aliphatic carbocycles. The van der Waals surface area contributed by atoms with E-state index < -0.39 is 39.9 Å². The molecule has 11 heteroatoms. The molecule has 0 aliphatic rings.